The van der Waals surface area contributed by atoms with Gasteiger partial charge in [-0.05, 0) is 24.3 Å². The van der Waals surface area contributed by atoms with E-state index in [1.54, 1.807) is 6.07 Å². The van der Waals surface area contributed by atoms with E-state index < -0.39 is 21.5 Å². The molecule has 1 N–H and O–H groups in total. The third-order valence-electron chi connectivity index (χ3n) is 2.86. The maximum atomic E-state index is 13.5. The number of rotatable bonds is 4. The first-order valence-electron chi connectivity index (χ1n) is 5.95. The van der Waals surface area contributed by atoms with Crippen molar-refractivity contribution in [2.45, 2.75) is 11.4 Å². The quantitative estimate of drug-likeness (QED) is 0.930. The van der Waals surface area contributed by atoms with E-state index in [1.807, 2.05) is 0 Å². The highest BCUT2D eigenvalue weighted by atomic mass is 35.5. The van der Waals surface area contributed by atoms with Crippen LogP contribution in [0.4, 0.5) is 14.5 Å². The molecule has 0 aliphatic heterocycles. The molecule has 0 heterocycles. The molecule has 21 heavy (non-hydrogen) atoms. The molecule has 2 aromatic rings. The van der Waals surface area contributed by atoms with Gasteiger partial charge in [0, 0.05) is 29.5 Å². The van der Waals surface area contributed by atoms with Gasteiger partial charge in [-0.15, -0.1) is 0 Å². The van der Waals surface area contributed by atoms with Crippen molar-refractivity contribution >= 4 is 27.1 Å². The lowest BCUT2D eigenvalue weighted by Crippen LogP contribution is -2.08. The summed E-state index contributed by atoms with van der Waals surface area (Å²) in [6.45, 7) is 0.00459. The van der Waals surface area contributed by atoms with E-state index in [0.29, 0.717) is 5.56 Å². The molecule has 2 aromatic carbocycles. The lowest BCUT2D eigenvalue weighted by Gasteiger charge is -2.12. The van der Waals surface area contributed by atoms with Gasteiger partial charge in [-0.3, -0.25) is 0 Å². The zero-order valence-corrected chi connectivity index (χ0v) is 12.6. The summed E-state index contributed by atoms with van der Waals surface area (Å²) in [5, 5.41) is 2.98. The Balaban J connectivity index is 2.32. The SMILES string of the molecule is CS(=O)(=O)c1cccc(Cl)c1CNc1ccc(F)cc1F. The number of sulfone groups is 1. The number of hydrogen-bond donors (Lipinski definition) is 1. The number of hydrogen-bond acceptors (Lipinski definition) is 3. The van der Waals surface area contributed by atoms with Gasteiger partial charge in [0.15, 0.2) is 9.84 Å². The number of benzene rings is 2. The van der Waals surface area contributed by atoms with Crippen LogP contribution in [0.1, 0.15) is 5.56 Å². The molecule has 0 aliphatic rings. The van der Waals surface area contributed by atoms with Gasteiger partial charge in [0.05, 0.1) is 10.6 Å². The largest absolute Gasteiger partial charge is 0.378 e. The molecule has 0 unspecified atom stereocenters. The van der Waals surface area contributed by atoms with Crippen LogP contribution in [-0.4, -0.2) is 14.7 Å². The molecule has 0 bridgehead atoms. The van der Waals surface area contributed by atoms with Crippen LogP contribution in [0.3, 0.4) is 0 Å². The molecule has 0 atom stereocenters. The molecule has 0 radical (unpaired) electrons. The maximum absolute atomic E-state index is 13.5. The Labute approximate surface area is 126 Å². The van der Waals surface area contributed by atoms with Crippen LogP contribution in [-0.2, 0) is 16.4 Å². The van der Waals surface area contributed by atoms with E-state index in [-0.39, 0.29) is 22.2 Å². The minimum atomic E-state index is -3.46. The highest BCUT2D eigenvalue weighted by Gasteiger charge is 2.16. The van der Waals surface area contributed by atoms with Gasteiger partial charge in [-0.25, -0.2) is 17.2 Å². The van der Waals surface area contributed by atoms with Crippen molar-refractivity contribution in [2.75, 3.05) is 11.6 Å². The van der Waals surface area contributed by atoms with Gasteiger partial charge in [0.1, 0.15) is 11.6 Å². The molecule has 0 spiro atoms. The monoisotopic (exact) mass is 331 g/mol. The molecular weight excluding hydrogens is 320 g/mol. The molecule has 7 heteroatoms. The molecule has 0 aliphatic carbocycles. The lowest BCUT2D eigenvalue weighted by atomic mass is 10.2. The first-order valence-corrected chi connectivity index (χ1v) is 8.22. The van der Waals surface area contributed by atoms with E-state index in [2.05, 4.69) is 5.32 Å². The van der Waals surface area contributed by atoms with Gasteiger partial charge in [0.2, 0.25) is 0 Å². The second-order valence-corrected chi connectivity index (χ2v) is 6.86. The molecule has 0 fully saturated rings. The van der Waals surface area contributed by atoms with Crippen LogP contribution in [0.25, 0.3) is 0 Å². The molecule has 0 saturated heterocycles. The average molecular weight is 332 g/mol. The van der Waals surface area contributed by atoms with Crippen molar-refractivity contribution in [1.29, 1.82) is 0 Å². The molecule has 3 nitrogen and oxygen atoms in total. The van der Waals surface area contributed by atoms with Gasteiger partial charge in [-0.1, -0.05) is 17.7 Å². The normalized spacial score (nSPS) is 11.4. The summed E-state index contributed by atoms with van der Waals surface area (Å²) in [5.41, 5.74) is 0.404. The summed E-state index contributed by atoms with van der Waals surface area (Å²) in [6, 6.07) is 7.59. The fraction of sp³-hybridized carbons (Fsp3) is 0.143. The molecule has 0 amide bonds. The Morgan fingerprint density at radius 1 is 1.19 bits per heavy atom. The van der Waals surface area contributed by atoms with Gasteiger partial charge >= 0.3 is 0 Å². The van der Waals surface area contributed by atoms with E-state index in [9.17, 15) is 17.2 Å². The summed E-state index contributed by atoms with van der Waals surface area (Å²) < 4.78 is 49.8. The Hall–Kier alpha value is -1.66. The standard InChI is InChI=1S/C14H12ClF2NO2S/c1-21(19,20)14-4-2-3-11(15)10(14)8-18-13-6-5-9(16)7-12(13)17/h2-7,18H,8H2,1H3. The van der Waals surface area contributed by atoms with Crippen molar-refractivity contribution in [3.8, 4) is 0 Å². The van der Waals surface area contributed by atoms with Crippen molar-refractivity contribution in [3.63, 3.8) is 0 Å². The minimum absolute atomic E-state index is 0.00459. The van der Waals surface area contributed by atoms with Crippen molar-refractivity contribution in [2.24, 2.45) is 0 Å². The summed E-state index contributed by atoms with van der Waals surface area (Å²) in [6.07, 6.45) is 1.07. The van der Waals surface area contributed by atoms with Crippen LogP contribution in [0.5, 0.6) is 0 Å². The van der Waals surface area contributed by atoms with Crippen molar-refractivity contribution in [1.82, 2.24) is 0 Å². The molecular formula is C14H12ClF2NO2S. The highest BCUT2D eigenvalue weighted by Crippen LogP contribution is 2.25. The van der Waals surface area contributed by atoms with Gasteiger partial charge in [-0.2, -0.15) is 0 Å². The van der Waals surface area contributed by atoms with Crippen molar-refractivity contribution in [3.05, 3.63) is 58.6 Å². The lowest BCUT2D eigenvalue weighted by molar-refractivity contribution is 0.585. The number of nitrogens with one attached hydrogen (secondary N) is 1. The van der Waals surface area contributed by atoms with Gasteiger partial charge < -0.3 is 5.32 Å². The van der Waals surface area contributed by atoms with Crippen LogP contribution in [0.15, 0.2) is 41.3 Å². The molecule has 0 saturated carbocycles. The van der Waals surface area contributed by atoms with E-state index >= 15 is 0 Å². The Kier molecular flexibility index (Phi) is 4.49. The molecule has 2 rings (SSSR count). The summed E-state index contributed by atoms with van der Waals surface area (Å²) in [5.74, 6) is -1.45. The predicted octanol–water partition coefficient (Wildman–Crippen LogP) is 3.63. The zero-order valence-electron chi connectivity index (χ0n) is 11.0. The number of anilines is 1. The first kappa shape index (κ1) is 15.7. The van der Waals surface area contributed by atoms with Gasteiger partial charge in [0.25, 0.3) is 0 Å². The van der Waals surface area contributed by atoms with Crippen molar-refractivity contribution < 1.29 is 17.2 Å². The second kappa shape index (κ2) is 5.99. The molecule has 112 valence electrons. The fourth-order valence-electron chi connectivity index (χ4n) is 1.87. The Morgan fingerprint density at radius 3 is 2.52 bits per heavy atom. The zero-order chi connectivity index (χ0) is 15.6. The van der Waals surface area contributed by atoms with Crippen LogP contribution in [0.2, 0.25) is 5.02 Å². The van der Waals surface area contributed by atoms with E-state index in [4.69, 9.17) is 11.6 Å². The fourth-order valence-corrected chi connectivity index (χ4v) is 3.13. The third-order valence-corrected chi connectivity index (χ3v) is 4.40. The second-order valence-electron chi connectivity index (χ2n) is 4.47. The predicted molar refractivity (Wildman–Crippen MR) is 78.2 cm³/mol. The van der Waals surface area contributed by atoms with Crippen LogP contribution < -0.4 is 5.32 Å². The third kappa shape index (κ3) is 3.71. The van der Waals surface area contributed by atoms with Crippen LogP contribution in [0, 0.1) is 11.6 Å². The average Bonchev–Trinajstić information content (AvgIpc) is 2.37. The summed E-state index contributed by atoms with van der Waals surface area (Å²) in [4.78, 5) is 0.0741. The summed E-state index contributed by atoms with van der Waals surface area (Å²) >= 11 is 6.01. The number of halogens is 3. The first-order chi connectivity index (χ1) is 9.79. The minimum Gasteiger partial charge on any atom is -0.378 e. The topological polar surface area (TPSA) is 46.2 Å². The van der Waals surface area contributed by atoms with Crippen LogP contribution >= 0.6 is 11.6 Å². The summed E-state index contributed by atoms with van der Waals surface area (Å²) in [7, 11) is -3.46. The Bertz CT molecular complexity index is 779. The molecule has 0 aromatic heterocycles. The smallest absolute Gasteiger partial charge is 0.175 e. The Morgan fingerprint density at radius 2 is 1.90 bits per heavy atom. The maximum Gasteiger partial charge on any atom is 0.175 e. The van der Waals surface area contributed by atoms with E-state index in [0.717, 1.165) is 18.4 Å². The highest BCUT2D eigenvalue weighted by molar-refractivity contribution is 7.90. The van der Waals surface area contributed by atoms with E-state index in [1.165, 1.54) is 18.2 Å².